The SMILES string of the molecule is O=C1c2c(O)cc(O)cc2OC1(O)c1ccc(O)c(O)c1. The van der Waals surface area contributed by atoms with E-state index in [0.29, 0.717) is 0 Å². The van der Waals surface area contributed by atoms with Crippen LogP contribution in [0.1, 0.15) is 15.9 Å². The predicted molar refractivity (Wildman–Crippen MR) is 68.4 cm³/mol. The van der Waals surface area contributed by atoms with Gasteiger partial charge in [0, 0.05) is 17.7 Å². The Morgan fingerprint density at radius 2 is 1.62 bits per heavy atom. The number of phenols is 4. The van der Waals surface area contributed by atoms with Gasteiger partial charge in [0.2, 0.25) is 5.78 Å². The monoisotopic (exact) mass is 290 g/mol. The van der Waals surface area contributed by atoms with Crippen molar-refractivity contribution in [2.75, 3.05) is 0 Å². The number of aliphatic hydroxyl groups is 1. The van der Waals surface area contributed by atoms with Gasteiger partial charge in [0.05, 0.1) is 0 Å². The fraction of sp³-hybridized carbons (Fsp3) is 0.0714. The van der Waals surface area contributed by atoms with Crippen molar-refractivity contribution in [1.82, 2.24) is 0 Å². The molecule has 0 saturated carbocycles. The molecule has 0 spiro atoms. The highest BCUT2D eigenvalue weighted by Gasteiger charge is 2.50. The van der Waals surface area contributed by atoms with Crippen molar-refractivity contribution in [3.05, 3.63) is 41.5 Å². The molecule has 1 atom stereocenters. The maximum atomic E-state index is 12.3. The number of phenolic OH excluding ortho intramolecular Hbond substituents is 4. The minimum absolute atomic E-state index is 0.127. The Bertz CT molecular complexity index is 768. The second-order valence-electron chi connectivity index (χ2n) is 4.62. The minimum Gasteiger partial charge on any atom is -0.508 e. The quantitative estimate of drug-likeness (QED) is 0.494. The average Bonchev–Trinajstić information content (AvgIpc) is 2.65. The molecule has 0 aromatic heterocycles. The lowest BCUT2D eigenvalue weighted by Crippen LogP contribution is -2.36. The van der Waals surface area contributed by atoms with Crippen LogP contribution in [0.3, 0.4) is 0 Å². The maximum absolute atomic E-state index is 12.3. The Labute approximate surface area is 117 Å². The highest BCUT2D eigenvalue weighted by atomic mass is 16.6. The van der Waals surface area contributed by atoms with Crippen LogP contribution in [0.4, 0.5) is 0 Å². The summed E-state index contributed by atoms with van der Waals surface area (Å²) < 4.78 is 5.14. The molecule has 2 aromatic rings. The summed E-state index contributed by atoms with van der Waals surface area (Å²) >= 11 is 0. The third-order valence-corrected chi connectivity index (χ3v) is 3.23. The molecule has 0 radical (unpaired) electrons. The Kier molecular flexibility index (Phi) is 2.51. The molecule has 7 nitrogen and oxygen atoms in total. The third kappa shape index (κ3) is 1.75. The van der Waals surface area contributed by atoms with Crippen LogP contribution in [0.5, 0.6) is 28.7 Å². The van der Waals surface area contributed by atoms with E-state index in [1.807, 2.05) is 0 Å². The van der Waals surface area contributed by atoms with Crippen molar-refractivity contribution in [1.29, 1.82) is 0 Å². The maximum Gasteiger partial charge on any atom is 0.300 e. The van der Waals surface area contributed by atoms with Crippen LogP contribution >= 0.6 is 0 Å². The van der Waals surface area contributed by atoms with Crippen molar-refractivity contribution >= 4 is 5.78 Å². The number of benzene rings is 2. The number of hydrogen-bond acceptors (Lipinski definition) is 7. The van der Waals surface area contributed by atoms with E-state index < -0.39 is 28.8 Å². The van der Waals surface area contributed by atoms with Gasteiger partial charge in [-0.15, -0.1) is 0 Å². The van der Waals surface area contributed by atoms with E-state index in [2.05, 4.69) is 0 Å². The lowest BCUT2D eigenvalue weighted by Gasteiger charge is -2.21. The Morgan fingerprint density at radius 3 is 2.29 bits per heavy atom. The van der Waals surface area contributed by atoms with E-state index in [1.165, 1.54) is 6.07 Å². The standard InChI is InChI=1S/C14H10O7/c15-7-4-10(18)12-11(5-7)21-14(20,13(12)19)6-1-2-8(16)9(17)3-6/h1-5,15-18,20H. The number of fused-ring (bicyclic) bond motifs is 1. The second kappa shape index (κ2) is 4.03. The molecule has 0 aliphatic carbocycles. The molecule has 1 aliphatic rings. The molecular formula is C14H10O7. The Balaban J connectivity index is 2.15. The van der Waals surface area contributed by atoms with E-state index in [0.717, 1.165) is 24.3 Å². The van der Waals surface area contributed by atoms with Crippen LogP contribution in [0.15, 0.2) is 30.3 Å². The van der Waals surface area contributed by atoms with Gasteiger partial charge in [-0.3, -0.25) is 4.79 Å². The molecule has 0 saturated heterocycles. The van der Waals surface area contributed by atoms with Gasteiger partial charge in [0.15, 0.2) is 11.5 Å². The van der Waals surface area contributed by atoms with Crippen LogP contribution in [0.25, 0.3) is 0 Å². The number of ketones is 1. The molecule has 0 fully saturated rings. The van der Waals surface area contributed by atoms with Crippen LogP contribution < -0.4 is 4.74 Å². The first-order chi connectivity index (χ1) is 9.83. The zero-order valence-electron chi connectivity index (χ0n) is 10.4. The first-order valence-corrected chi connectivity index (χ1v) is 5.87. The predicted octanol–water partition coefficient (Wildman–Crippen LogP) is 0.929. The molecule has 2 aromatic carbocycles. The average molecular weight is 290 g/mol. The fourth-order valence-electron chi connectivity index (χ4n) is 2.19. The van der Waals surface area contributed by atoms with E-state index in [9.17, 15) is 30.3 Å². The summed E-state index contributed by atoms with van der Waals surface area (Å²) in [6.07, 6.45) is 0. The zero-order chi connectivity index (χ0) is 15.4. The van der Waals surface area contributed by atoms with E-state index in [-0.39, 0.29) is 22.6 Å². The second-order valence-corrected chi connectivity index (χ2v) is 4.62. The molecule has 108 valence electrons. The number of aromatic hydroxyl groups is 4. The molecule has 0 amide bonds. The Hall–Kier alpha value is -2.93. The highest BCUT2D eigenvalue weighted by Crippen LogP contribution is 2.46. The molecule has 5 N–H and O–H groups in total. The van der Waals surface area contributed by atoms with Crippen molar-refractivity contribution in [3.63, 3.8) is 0 Å². The van der Waals surface area contributed by atoms with Crippen molar-refractivity contribution < 1.29 is 35.1 Å². The van der Waals surface area contributed by atoms with Crippen molar-refractivity contribution in [2.24, 2.45) is 0 Å². The fourth-order valence-corrected chi connectivity index (χ4v) is 2.19. The molecule has 3 rings (SSSR count). The molecule has 7 heteroatoms. The van der Waals surface area contributed by atoms with Crippen molar-refractivity contribution in [3.8, 4) is 28.7 Å². The molecule has 1 unspecified atom stereocenters. The smallest absolute Gasteiger partial charge is 0.300 e. The van der Waals surface area contributed by atoms with Gasteiger partial charge >= 0.3 is 0 Å². The van der Waals surface area contributed by atoms with Gasteiger partial charge in [-0.1, -0.05) is 0 Å². The highest BCUT2D eigenvalue weighted by molar-refractivity contribution is 6.09. The van der Waals surface area contributed by atoms with Gasteiger partial charge in [-0.2, -0.15) is 0 Å². The van der Waals surface area contributed by atoms with Gasteiger partial charge in [0.25, 0.3) is 5.79 Å². The Morgan fingerprint density at radius 1 is 0.905 bits per heavy atom. The van der Waals surface area contributed by atoms with Crippen molar-refractivity contribution in [2.45, 2.75) is 5.79 Å². The van der Waals surface area contributed by atoms with Gasteiger partial charge in [-0.25, -0.2) is 0 Å². The number of carbonyl (C=O) groups is 1. The van der Waals surface area contributed by atoms with Crippen LogP contribution in [-0.2, 0) is 5.79 Å². The van der Waals surface area contributed by atoms with Crippen LogP contribution in [0.2, 0.25) is 0 Å². The molecular weight excluding hydrogens is 280 g/mol. The molecule has 1 heterocycles. The summed E-state index contributed by atoms with van der Waals surface area (Å²) in [5.74, 6) is -5.43. The number of Topliss-reactive ketones (excluding diaryl/α,β-unsaturated/α-hetero) is 1. The lowest BCUT2D eigenvalue weighted by molar-refractivity contribution is -0.0961. The number of hydrogen-bond donors (Lipinski definition) is 5. The first kappa shape index (κ1) is 13.1. The zero-order valence-corrected chi connectivity index (χ0v) is 10.4. The van der Waals surface area contributed by atoms with Gasteiger partial charge in [-0.05, 0) is 18.2 Å². The normalized spacial score (nSPS) is 20.1. The van der Waals surface area contributed by atoms with E-state index >= 15 is 0 Å². The summed E-state index contributed by atoms with van der Waals surface area (Å²) in [5, 5.41) is 48.2. The third-order valence-electron chi connectivity index (χ3n) is 3.23. The van der Waals surface area contributed by atoms with Crippen LogP contribution in [-0.4, -0.2) is 31.3 Å². The van der Waals surface area contributed by atoms with Crippen LogP contribution in [0, 0.1) is 0 Å². The van der Waals surface area contributed by atoms with Gasteiger partial charge in [0.1, 0.15) is 22.8 Å². The largest absolute Gasteiger partial charge is 0.508 e. The van der Waals surface area contributed by atoms with E-state index in [4.69, 9.17) is 4.74 Å². The molecule has 0 bridgehead atoms. The lowest BCUT2D eigenvalue weighted by atomic mass is 9.97. The summed E-state index contributed by atoms with van der Waals surface area (Å²) in [7, 11) is 0. The topological polar surface area (TPSA) is 127 Å². The summed E-state index contributed by atoms with van der Waals surface area (Å²) in [5.41, 5.74) is -0.402. The summed E-state index contributed by atoms with van der Waals surface area (Å²) in [6, 6.07) is 5.26. The number of rotatable bonds is 1. The van der Waals surface area contributed by atoms with Gasteiger partial charge < -0.3 is 30.3 Å². The summed E-state index contributed by atoms with van der Waals surface area (Å²) in [6.45, 7) is 0. The first-order valence-electron chi connectivity index (χ1n) is 5.87. The number of carbonyl (C=O) groups excluding carboxylic acids is 1. The molecule has 21 heavy (non-hydrogen) atoms. The summed E-state index contributed by atoms with van der Waals surface area (Å²) in [4.78, 5) is 12.3. The number of ether oxygens (including phenoxy) is 1. The van der Waals surface area contributed by atoms with E-state index in [1.54, 1.807) is 0 Å². The minimum atomic E-state index is -2.46. The molecule has 1 aliphatic heterocycles.